The van der Waals surface area contributed by atoms with Gasteiger partial charge in [-0.1, -0.05) is 0 Å². The largest absolute Gasteiger partial charge is 0.349 e. The Balaban J connectivity index is 2.61. The zero-order chi connectivity index (χ0) is 12.1. The number of hydrogen-bond acceptors (Lipinski definition) is 2. The summed E-state index contributed by atoms with van der Waals surface area (Å²) >= 11 is 1.89. The highest BCUT2D eigenvalue weighted by molar-refractivity contribution is 7.98. The fourth-order valence-corrected chi connectivity index (χ4v) is 2.75. The van der Waals surface area contributed by atoms with Crippen LogP contribution < -0.4 is 5.32 Å². The molecule has 2 nitrogen and oxygen atoms in total. The Labute approximate surface area is 104 Å². The summed E-state index contributed by atoms with van der Waals surface area (Å²) in [7, 11) is 0. The van der Waals surface area contributed by atoms with Crippen molar-refractivity contribution < 1.29 is 0 Å². The predicted molar refractivity (Wildman–Crippen MR) is 74.3 cm³/mol. The highest BCUT2D eigenvalue weighted by atomic mass is 32.2. The second-order valence-electron chi connectivity index (χ2n) is 4.38. The van der Waals surface area contributed by atoms with Gasteiger partial charge in [0.05, 0.1) is 0 Å². The van der Waals surface area contributed by atoms with Crippen LogP contribution in [0, 0.1) is 13.8 Å². The molecular weight excluding hydrogens is 216 g/mol. The molecule has 0 bridgehead atoms. The van der Waals surface area contributed by atoms with Crippen molar-refractivity contribution in [3.05, 3.63) is 23.0 Å². The minimum atomic E-state index is 0.583. The van der Waals surface area contributed by atoms with Gasteiger partial charge in [-0.3, -0.25) is 0 Å². The zero-order valence-electron chi connectivity index (χ0n) is 11.1. The number of rotatable bonds is 6. The van der Waals surface area contributed by atoms with E-state index in [0.29, 0.717) is 6.04 Å². The predicted octanol–water partition coefficient (Wildman–Crippen LogP) is 2.97. The maximum atomic E-state index is 3.57. The van der Waals surface area contributed by atoms with E-state index in [0.717, 1.165) is 13.1 Å². The van der Waals surface area contributed by atoms with Gasteiger partial charge in [0.15, 0.2) is 0 Å². The molecule has 0 aromatic carbocycles. The summed E-state index contributed by atoms with van der Waals surface area (Å²) in [6, 6.07) is 2.89. The van der Waals surface area contributed by atoms with Crippen LogP contribution in [-0.2, 0) is 13.1 Å². The van der Waals surface area contributed by atoms with Crippen molar-refractivity contribution in [3.8, 4) is 0 Å². The Morgan fingerprint density at radius 1 is 1.44 bits per heavy atom. The Hall–Kier alpha value is -0.410. The van der Waals surface area contributed by atoms with Crippen molar-refractivity contribution in [3.63, 3.8) is 0 Å². The topological polar surface area (TPSA) is 17.0 Å². The first-order chi connectivity index (χ1) is 7.60. The summed E-state index contributed by atoms with van der Waals surface area (Å²) in [6.45, 7) is 10.9. The van der Waals surface area contributed by atoms with E-state index in [2.05, 4.69) is 49.9 Å². The molecule has 92 valence electrons. The van der Waals surface area contributed by atoms with Gasteiger partial charge in [-0.25, -0.2) is 0 Å². The molecule has 1 rings (SSSR count). The number of nitrogens with zero attached hydrogens (tertiary/aromatic N) is 1. The third-order valence-electron chi connectivity index (χ3n) is 3.05. The van der Waals surface area contributed by atoms with Gasteiger partial charge in [-0.15, -0.1) is 0 Å². The zero-order valence-corrected chi connectivity index (χ0v) is 11.9. The summed E-state index contributed by atoms with van der Waals surface area (Å²) in [5.74, 6) is 1.17. The molecule has 1 heterocycles. The van der Waals surface area contributed by atoms with Gasteiger partial charge in [0.2, 0.25) is 0 Å². The second-order valence-corrected chi connectivity index (χ2v) is 5.29. The van der Waals surface area contributed by atoms with Crippen molar-refractivity contribution in [1.29, 1.82) is 0 Å². The molecule has 16 heavy (non-hydrogen) atoms. The van der Waals surface area contributed by atoms with Crippen LogP contribution in [0.4, 0.5) is 0 Å². The van der Waals surface area contributed by atoms with Crippen LogP contribution in [0.15, 0.2) is 6.07 Å². The van der Waals surface area contributed by atoms with Crippen LogP contribution in [0.2, 0.25) is 0 Å². The molecule has 1 atom stereocenters. The van der Waals surface area contributed by atoms with Crippen LogP contribution in [0.5, 0.6) is 0 Å². The lowest BCUT2D eigenvalue weighted by Crippen LogP contribution is -2.27. The highest BCUT2D eigenvalue weighted by Crippen LogP contribution is 2.14. The fraction of sp³-hybridized carbons (Fsp3) is 0.692. The van der Waals surface area contributed by atoms with Gasteiger partial charge in [-0.2, -0.15) is 11.8 Å². The number of aromatic nitrogens is 1. The summed E-state index contributed by atoms with van der Waals surface area (Å²) < 4.78 is 2.37. The highest BCUT2D eigenvalue weighted by Gasteiger charge is 2.08. The van der Waals surface area contributed by atoms with E-state index in [1.807, 2.05) is 11.8 Å². The average Bonchev–Trinajstić information content (AvgIpc) is 2.51. The van der Waals surface area contributed by atoms with Crippen LogP contribution >= 0.6 is 11.8 Å². The number of thioether (sulfide) groups is 1. The van der Waals surface area contributed by atoms with E-state index in [1.165, 1.54) is 22.7 Å². The van der Waals surface area contributed by atoms with Gasteiger partial charge in [0.25, 0.3) is 0 Å². The maximum absolute atomic E-state index is 3.57. The molecule has 0 aliphatic carbocycles. The summed E-state index contributed by atoms with van der Waals surface area (Å²) in [6.07, 6.45) is 2.15. The Bertz CT molecular complexity index is 331. The molecular formula is C13H24N2S. The van der Waals surface area contributed by atoms with E-state index < -0.39 is 0 Å². The number of aryl methyl sites for hydroxylation is 1. The van der Waals surface area contributed by atoms with Gasteiger partial charge in [0.1, 0.15) is 0 Å². The van der Waals surface area contributed by atoms with Crippen molar-refractivity contribution in [2.75, 3.05) is 12.0 Å². The van der Waals surface area contributed by atoms with Crippen LogP contribution in [0.1, 0.15) is 30.8 Å². The van der Waals surface area contributed by atoms with E-state index in [4.69, 9.17) is 0 Å². The van der Waals surface area contributed by atoms with Gasteiger partial charge in [0, 0.05) is 36.3 Å². The molecule has 0 fully saturated rings. The molecule has 0 amide bonds. The van der Waals surface area contributed by atoms with E-state index >= 15 is 0 Å². The third-order valence-corrected chi connectivity index (χ3v) is 3.89. The van der Waals surface area contributed by atoms with Crippen LogP contribution in [0.3, 0.4) is 0 Å². The fourth-order valence-electron chi connectivity index (χ4n) is 2.13. The van der Waals surface area contributed by atoms with E-state index in [-0.39, 0.29) is 0 Å². The molecule has 0 spiro atoms. The lowest BCUT2D eigenvalue weighted by atomic mass is 10.2. The SMILES string of the molecule is CCn1c(C)cc(CNC(C)CSC)c1C. The van der Waals surface area contributed by atoms with Crippen molar-refractivity contribution in [2.45, 2.75) is 46.8 Å². The van der Waals surface area contributed by atoms with Crippen molar-refractivity contribution in [2.24, 2.45) is 0 Å². The lowest BCUT2D eigenvalue weighted by Gasteiger charge is -2.12. The van der Waals surface area contributed by atoms with E-state index in [1.54, 1.807) is 0 Å². The molecule has 0 saturated heterocycles. The number of hydrogen-bond donors (Lipinski definition) is 1. The Morgan fingerprint density at radius 2 is 2.12 bits per heavy atom. The second kappa shape index (κ2) is 6.36. The molecule has 3 heteroatoms. The molecule has 1 N–H and O–H groups in total. The van der Waals surface area contributed by atoms with Gasteiger partial charge >= 0.3 is 0 Å². The first-order valence-electron chi connectivity index (χ1n) is 5.98. The minimum absolute atomic E-state index is 0.583. The maximum Gasteiger partial charge on any atom is 0.0226 e. The van der Waals surface area contributed by atoms with Crippen molar-refractivity contribution >= 4 is 11.8 Å². The van der Waals surface area contributed by atoms with Gasteiger partial charge in [-0.05, 0) is 45.6 Å². The molecule has 0 radical (unpaired) electrons. The molecule has 0 aliphatic rings. The summed E-state index contributed by atoms with van der Waals surface area (Å²) in [5.41, 5.74) is 4.21. The summed E-state index contributed by atoms with van der Waals surface area (Å²) in [5, 5.41) is 3.57. The smallest absolute Gasteiger partial charge is 0.0226 e. The monoisotopic (exact) mass is 240 g/mol. The standard InChI is InChI=1S/C13H24N2S/c1-6-15-11(3)7-13(12(15)4)8-14-10(2)9-16-5/h7,10,14H,6,8-9H2,1-5H3. The van der Waals surface area contributed by atoms with E-state index in [9.17, 15) is 0 Å². The Kier molecular flexibility index (Phi) is 5.42. The quantitative estimate of drug-likeness (QED) is 0.823. The third kappa shape index (κ3) is 3.29. The molecule has 1 unspecified atom stereocenters. The first-order valence-corrected chi connectivity index (χ1v) is 7.37. The van der Waals surface area contributed by atoms with Crippen molar-refractivity contribution in [1.82, 2.24) is 9.88 Å². The van der Waals surface area contributed by atoms with Crippen LogP contribution in [0.25, 0.3) is 0 Å². The lowest BCUT2D eigenvalue weighted by molar-refractivity contribution is 0.592. The average molecular weight is 240 g/mol. The van der Waals surface area contributed by atoms with Gasteiger partial charge < -0.3 is 9.88 Å². The van der Waals surface area contributed by atoms with Crippen LogP contribution in [-0.4, -0.2) is 22.6 Å². The minimum Gasteiger partial charge on any atom is -0.349 e. The Morgan fingerprint density at radius 3 is 2.62 bits per heavy atom. The summed E-state index contributed by atoms with van der Waals surface area (Å²) in [4.78, 5) is 0. The first kappa shape index (κ1) is 13.7. The number of nitrogens with one attached hydrogen (secondary N) is 1. The molecule has 1 aromatic rings. The normalized spacial score (nSPS) is 13.1. The molecule has 1 aromatic heterocycles. The molecule has 0 saturated carbocycles. The molecule has 0 aliphatic heterocycles.